The number of aliphatic hydroxyl groups excluding tert-OH is 1. The van der Waals surface area contributed by atoms with E-state index in [1.54, 1.807) is 17.1 Å². The number of nitrogens with zero attached hydrogens (tertiary/aromatic N) is 3. The Morgan fingerprint density at radius 2 is 2.44 bits per heavy atom. The average Bonchev–Trinajstić information content (AvgIpc) is 2.66. The summed E-state index contributed by atoms with van der Waals surface area (Å²) in [7, 11) is -0.803. The fourth-order valence-electron chi connectivity index (χ4n) is 1.15. The number of aliphatic hydroxyl groups is 1. The van der Waals surface area contributed by atoms with Gasteiger partial charge in [0.2, 0.25) is 0 Å². The summed E-state index contributed by atoms with van der Waals surface area (Å²) < 4.78 is 12.7. The lowest BCUT2D eigenvalue weighted by Gasteiger charge is -2.07. The van der Waals surface area contributed by atoms with Gasteiger partial charge in [0.25, 0.3) is 0 Å². The minimum atomic E-state index is -0.803. The number of hydrogen-bond acceptors (Lipinski definition) is 5. The van der Waals surface area contributed by atoms with Crippen molar-refractivity contribution in [2.75, 3.05) is 19.4 Å². The van der Waals surface area contributed by atoms with Crippen LogP contribution in [0.15, 0.2) is 6.20 Å². The van der Waals surface area contributed by atoms with Crippen LogP contribution in [0.25, 0.3) is 0 Å². The molecule has 1 aromatic rings. The zero-order valence-electron chi connectivity index (χ0n) is 9.59. The Morgan fingerprint density at radius 1 is 1.69 bits per heavy atom. The van der Waals surface area contributed by atoms with Crippen LogP contribution in [0, 0.1) is 0 Å². The van der Waals surface area contributed by atoms with Gasteiger partial charge >= 0.3 is 0 Å². The lowest BCUT2D eigenvalue weighted by molar-refractivity contribution is 0.268. The van der Waals surface area contributed by atoms with Crippen molar-refractivity contribution in [3.63, 3.8) is 0 Å². The van der Waals surface area contributed by atoms with E-state index in [-0.39, 0.29) is 11.9 Å². The molecule has 0 aromatic carbocycles. The van der Waals surface area contributed by atoms with Crippen LogP contribution >= 0.6 is 0 Å². The smallest absolute Gasteiger partial charge is 0.0964 e. The van der Waals surface area contributed by atoms with Crippen LogP contribution in [0.2, 0.25) is 0 Å². The Balaban J connectivity index is 2.29. The summed E-state index contributed by atoms with van der Waals surface area (Å²) in [5.74, 6) is 0. The SMILES string of the molecule is CC(CNCc1cn(CCO)nn1)S(C)=O. The highest BCUT2D eigenvalue weighted by Crippen LogP contribution is 1.94. The minimum Gasteiger partial charge on any atom is -0.394 e. The van der Waals surface area contributed by atoms with Crippen LogP contribution in [0.3, 0.4) is 0 Å². The fraction of sp³-hybridized carbons (Fsp3) is 0.778. The van der Waals surface area contributed by atoms with Crippen LogP contribution in [0.1, 0.15) is 12.6 Å². The predicted molar refractivity (Wildman–Crippen MR) is 62.3 cm³/mol. The first-order chi connectivity index (χ1) is 7.63. The van der Waals surface area contributed by atoms with E-state index < -0.39 is 10.8 Å². The highest BCUT2D eigenvalue weighted by atomic mass is 32.2. The molecule has 6 nitrogen and oxygen atoms in total. The molecule has 2 atom stereocenters. The van der Waals surface area contributed by atoms with Crippen molar-refractivity contribution in [1.29, 1.82) is 0 Å². The molecule has 16 heavy (non-hydrogen) atoms. The van der Waals surface area contributed by atoms with Gasteiger partial charge in [-0.25, -0.2) is 4.68 Å². The molecule has 7 heteroatoms. The molecule has 0 bridgehead atoms. The summed E-state index contributed by atoms with van der Waals surface area (Å²) >= 11 is 0. The summed E-state index contributed by atoms with van der Waals surface area (Å²) in [6.45, 7) is 3.75. The van der Waals surface area contributed by atoms with Crippen LogP contribution in [-0.2, 0) is 23.9 Å². The normalized spacial score (nSPS) is 14.9. The van der Waals surface area contributed by atoms with Crippen molar-refractivity contribution in [3.05, 3.63) is 11.9 Å². The van der Waals surface area contributed by atoms with Crippen LogP contribution in [-0.4, -0.2) is 49.0 Å². The zero-order chi connectivity index (χ0) is 12.0. The first kappa shape index (κ1) is 13.3. The van der Waals surface area contributed by atoms with Crippen molar-refractivity contribution < 1.29 is 9.32 Å². The zero-order valence-corrected chi connectivity index (χ0v) is 10.4. The maximum absolute atomic E-state index is 11.1. The molecular weight excluding hydrogens is 228 g/mol. The standard InChI is InChI=1S/C9H18N4O2S/c1-8(16(2)15)5-10-6-9-7-13(3-4-14)12-11-9/h7-8,10,14H,3-6H2,1-2H3. The molecule has 2 unspecified atom stereocenters. The molecule has 0 fully saturated rings. The van der Waals surface area contributed by atoms with Gasteiger partial charge in [-0.1, -0.05) is 5.21 Å². The summed E-state index contributed by atoms with van der Waals surface area (Å²) in [4.78, 5) is 0. The Morgan fingerprint density at radius 3 is 3.06 bits per heavy atom. The van der Waals surface area contributed by atoms with Gasteiger partial charge in [0, 0.05) is 41.6 Å². The van der Waals surface area contributed by atoms with Gasteiger partial charge in [0.1, 0.15) is 0 Å². The molecule has 1 aromatic heterocycles. The van der Waals surface area contributed by atoms with Gasteiger partial charge in [0.05, 0.1) is 18.8 Å². The molecule has 0 aliphatic heterocycles. The summed E-state index contributed by atoms with van der Waals surface area (Å²) in [6, 6.07) is 0. The van der Waals surface area contributed by atoms with E-state index in [1.807, 2.05) is 6.92 Å². The van der Waals surface area contributed by atoms with Gasteiger partial charge < -0.3 is 10.4 Å². The second kappa shape index (κ2) is 6.72. The van der Waals surface area contributed by atoms with E-state index >= 15 is 0 Å². The molecule has 1 heterocycles. The average molecular weight is 246 g/mol. The fourth-order valence-corrected chi connectivity index (χ4v) is 1.50. The summed E-state index contributed by atoms with van der Waals surface area (Å²) in [5.41, 5.74) is 0.822. The molecule has 0 aliphatic rings. The third-order valence-corrected chi connectivity index (χ3v) is 3.52. The number of hydrogen-bond donors (Lipinski definition) is 2. The molecular formula is C9H18N4O2S. The number of aromatic nitrogens is 3. The van der Waals surface area contributed by atoms with Gasteiger partial charge in [-0.05, 0) is 6.92 Å². The molecule has 0 aliphatic carbocycles. The molecule has 0 saturated heterocycles. The molecule has 2 N–H and O–H groups in total. The molecule has 0 spiro atoms. The molecule has 0 radical (unpaired) electrons. The first-order valence-corrected chi connectivity index (χ1v) is 6.78. The van der Waals surface area contributed by atoms with Crippen molar-refractivity contribution in [1.82, 2.24) is 20.3 Å². The maximum atomic E-state index is 11.1. The first-order valence-electron chi connectivity index (χ1n) is 5.16. The number of rotatable bonds is 7. The van der Waals surface area contributed by atoms with Crippen LogP contribution in [0.5, 0.6) is 0 Å². The molecule has 0 amide bonds. The highest BCUT2D eigenvalue weighted by molar-refractivity contribution is 7.84. The van der Waals surface area contributed by atoms with E-state index in [1.165, 1.54) is 0 Å². The van der Waals surface area contributed by atoms with Gasteiger partial charge in [0.15, 0.2) is 0 Å². The Hall–Kier alpha value is -0.790. The lowest BCUT2D eigenvalue weighted by atomic mass is 10.4. The minimum absolute atomic E-state index is 0.0576. The van der Waals surface area contributed by atoms with Crippen molar-refractivity contribution in [3.8, 4) is 0 Å². The second-order valence-electron chi connectivity index (χ2n) is 3.64. The van der Waals surface area contributed by atoms with E-state index in [0.717, 1.165) is 5.69 Å². The Kier molecular flexibility index (Phi) is 5.58. The van der Waals surface area contributed by atoms with Crippen molar-refractivity contribution >= 4 is 10.8 Å². The summed E-state index contributed by atoms with van der Waals surface area (Å²) in [5, 5.41) is 19.8. The van der Waals surface area contributed by atoms with Crippen LogP contribution < -0.4 is 5.32 Å². The maximum Gasteiger partial charge on any atom is 0.0964 e. The largest absolute Gasteiger partial charge is 0.394 e. The summed E-state index contributed by atoms with van der Waals surface area (Å²) in [6.07, 6.45) is 3.49. The Bertz CT molecular complexity index is 342. The predicted octanol–water partition coefficient (Wildman–Crippen LogP) is -0.873. The monoisotopic (exact) mass is 246 g/mol. The van der Waals surface area contributed by atoms with Crippen molar-refractivity contribution in [2.45, 2.75) is 25.3 Å². The molecule has 0 saturated carbocycles. The van der Waals surface area contributed by atoms with E-state index in [9.17, 15) is 4.21 Å². The second-order valence-corrected chi connectivity index (χ2v) is 5.44. The van der Waals surface area contributed by atoms with E-state index in [2.05, 4.69) is 15.6 Å². The van der Waals surface area contributed by atoms with Crippen LogP contribution in [0.4, 0.5) is 0 Å². The number of nitrogens with one attached hydrogen (secondary N) is 1. The van der Waals surface area contributed by atoms with Crippen molar-refractivity contribution in [2.24, 2.45) is 0 Å². The molecule has 92 valence electrons. The third kappa shape index (κ3) is 4.38. The molecule has 1 rings (SSSR count). The van der Waals surface area contributed by atoms with Gasteiger partial charge in [-0.3, -0.25) is 4.21 Å². The van der Waals surface area contributed by atoms with E-state index in [4.69, 9.17) is 5.11 Å². The van der Waals surface area contributed by atoms with E-state index in [0.29, 0.717) is 19.6 Å². The topological polar surface area (TPSA) is 80.0 Å². The quantitative estimate of drug-likeness (QED) is 0.653. The Labute approximate surface area is 97.5 Å². The van der Waals surface area contributed by atoms with Gasteiger partial charge in [-0.15, -0.1) is 5.10 Å². The lowest BCUT2D eigenvalue weighted by Crippen LogP contribution is -2.27. The highest BCUT2D eigenvalue weighted by Gasteiger charge is 2.06. The van der Waals surface area contributed by atoms with Gasteiger partial charge in [-0.2, -0.15) is 0 Å². The third-order valence-electron chi connectivity index (χ3n) is 2.22.